The number of piperazine rings is 1. The van der Waals surface area contributed by atoms with Crippen LogP contribution in [0.25, 0.3) is 23.0 Å². The van der Waals surface area contributed by atoms with E-state index >= 15 is 0 Å². The van der Waals surface area contributed by atoms with Gasteiger partial charge in [-0.2, -0.15) is 4.98 Å². The fraction of sp³-hybridized carbons (Fsp3) is 0.353. The van der Waals surface area contributed by atoms with E-state index in [0.29, 0.717) is 11.7 Å². The Bertz CT molecular complexity index is 870. The lowest BCUT2D eigenvalue weighted by Crippen LogP contribution is -2.43. The van der Waals surface area contributed by atoms with Crippen molar-refractivity contribution in [3.8, 4) is 28.7 Å². The van der Waals surface area contributed by atoms with Gasteiger partial charge in [-0.3, -0.25) is 0 Å². The zero-order valence-electron chi connectivity index (χ0n) is 14.2. The van der Waals surface area contributed by atoms with Crippen molar-refractivity contribution in [1.82, 2.24) is 20.4 Å². The van der Waals surface area contributed by atoms with E-state index in [4.69, 9.17) is 9.26 Å². The molecule has 0 spiro atoms. The van der Waals surface area contributed by atoms with E-state index in [1.807, 2.05) is 30.5 Å². The van der Waals surface area contributed by atoms with Gasteiger partial charge < -0.3 is 19.5 Å². The Morgan fingerprint density at radius 1 is 1.24 bits per heavy atom. The van der Waals surface area contributed by atoms with Crippen molar-refractivity contribution in [2.75, 3.05) is 38.2 Å². The quantitative estimate of drug-likeness (QED) is 0.769. The molecule has 3 heterocycles. The monoisotopic (exact) mass is 357 g/mol. The topological polar surface area (TPSA) is 76.3 Å². The molecule has 1 aliphatic rings. The van der Waals surface area contributed by atoms with E-state index in [-0.39, 0.29) is 0 Å². The summed E-state index contributed by atoms with van der Waals surface area (Å²) in [7, 11) is 1.65. The second-order valence-corrected chi connectivity index (χ2v) is 6.70. The molecule has 0 aliphatic carbocycles. The van der Waals surface area contributed by atoms with E-state index in [2.05, 4.69) is 25.3 Å². The third-order valence-corrected chi connectivity index (χ3v) is 5.09. The van der Waals surface area contributed by atoms with Gasteiger partial charge in [-0.15, -0.1) is 11.3 Å². The molecule has 0 radical (unpaired) electrons. The number of thiazole rings is 1. The highest BCUT2D eigenvalue weighted by Crippen LogP contribution is 2.29. The van der Waals surface area contributed by atoms with Gasteiger partial charge >= 0.3 is 0 Å². The lowest BCUT2D eigenvalue weighted by atomic mass is 10.1. The number of rotatable bonds is 4. The van der Waals surface area contributed by atoms with Gasteiger partial charge in [0, 0.05) is 37.1 Å². The maximum Gasteiger partial charge on any atom is 0.277 e. The highest BCUT2D eigenvalue weighted by molar-refractivity contribution is 7.14. The van der Waals surface area contributed by atoms with E-state index in [1.54, 1.807) is 18.4 Å². The van der Waals surface area contributed by atoms with Crippen molar-refractivity contribution < 1.29 is 9.26 Å². The molecule has 0 saturated carbocycles. The number of hydrogen-bond acceptors (Lipinski definition) is 8. The Kier molecular flexibility index (Phi) is 4.37. The second-order valence-electron chi connectivity index (χ2n) is 5.86. The third-order valence-electron chi connectivity index (χ3n) is 4.19. The number of aryl methyl sites for hydroxylation is 1. The molecule has 8 heteroatoms. The van der Waals surface area contributed by atoms with Crippen molar-refractivity contribution in [2.24, 2.45) is 0 Å². The van der Waals surface area contributed by atoms with E-state index in [0.717, 1.165) is 53.9 Å². The zero-order valence-corrected chi connectivity index (χ0v) is 15.0. The van der Waals surface area contributed by atoms with Crippen LogP contribution in [0.3, 0.4) is 0 Å². The normalized spacial score (nSPS) is 14.7. The summed E-state index contributed by atoms with van der Waals surface area (Å²) in [6.45, 7) is 5.89. The van der Waals surface area contributed by atoms with Crippen molar-refractivity contribution in [3.63, 3.8) is 0 Å². The van der Waals surface area contributed by atoms with Gasteiger partial charge in [0.25, 0.3) is 5.89 Å². The highest BCUT2D eigenvalue weighted by Gasteiger charge is 2.18. The number of anilines is 1. The molecule has 4 rings (SSSR count). The second kappa shape index (κ2) is 6.81. The van der Waals surface area contributed by atoms with Gasteiger partial charge in [0.1, 0.15) is 11.4 Å². The lowest BCUT2D eigenvalue weighted by molar-refractivity contribution is 0.411. The molecule has 1 aliphatic heterocycles. The van der Waals surface area contributed by atoms with Gasteiger partial charge in [0.05, 0.1) is 7.11 Å². The fourth-order valence-corrected chi connectivity index (χ4v) is 3.62. The van der Waals surface area contributed by atoms with Crippen molar-refractivity contribution in [3.05, 3.63) is 29.1 Å². The Morgan fingerprint density at radius 3 is 2.88 bits per heavy atom. The lowest BCUT2D eigenvalue weighted by Gasteiger charge is -2.26. The van der Waals surface area contributed by atoms with Crippen LogP contribution in [0.15, 0.2) is 28.1 Å². The SMILES string of the molecule is COc1cc(-c2noc(-c3csc(N4CCNCC4)n3)n2)ccc1C. The van der Waals surface area contributed by atoms with Gasteiger partial charge in [0.15, 0.2) is 5.13 Å². The van der Waals surface area contributed by atoms with Crippen LogP contribution in [0.5, 0.6) is 5.75 Å². The molecule has 1 N–H and O–H groups in total. The van der Waals surface area contributed by atoms with Crippen LogP contribution >= 0.6 is 11.3 Å². The van der Waals surface area contributed by atoms with Crippen LogP contribution in [0.4, 0.5) is 5.13 Å². The molecule has 0 amide bonds. The Hall–Kier alpha value is -2.45. The van der Waals surface area contributed by atoms with Gasteiger partial charge in [-0.25, -0.2) is 4.98 Å². The summed E-state index contributed by atoms with van der Waals surface area (Å²) >= 11 is 1.60. The van der Waals surface area contributed by atoms with Gasteiger partial charge in [-0.1, -0.05) is 17.3 Å². The smallest absolute Gasteiger partial charge is 0.277 e. The summed E-state index contributed by atoms with van der Waals surface area (Å²) in [6.07, 6.45) is 0. The number of nitrogens with zero attached hydrogens (tertiary/aromatic N) is 4. The van der Waals surface area contributed by atoms with Crippen LogP contribution < -0.4 is 15.0 Å². The molecule has 0 bridgehead atoms. The fourth-order valence-electron chi connectivity index (χ4n) is 2.77. The number of benzene rings is 1. The predicted octanol–water partition coefficient (Wildman–Crippen LogP) is 2.59. The molecule has 25 heavy (non-hydrogen) atoms. The van der Waals surface area contributed by atoms with Gasteiger partial charge in [0.2, 0.25) is 5.82 Å². The summed E-state index contributed by atoms with van der Waals surface area (Å²) in [4.78, 5) is 11.4. The first-order chi connectivity index (χ1) is 12.2. The molecular weight excluding hydrogens is 338 g/mol. The van der Waals surface area contributed by atoms with Crippen LogP contribution in [-0.2, 0) is 0 Å². The summed E-state index contributed by atoms with van der Waals surface area (Å²) < 4.78 is 10.8. The molecule has 0 unspecified atom stereocenters. The molecule has 1 aromatic carbocycles. The van der Waals surface area contributed by atoms with E-state index in [9.17, 15) is 0 Å². The Balaban J connectivity index is 1.58. The summed E-state index contributed by atoms with van der Waals surface area (Å²) in [6, 6.07) is 5.85. The first-order valence-electron chi connectivity index (χ1n) is 8.15. The number of hydrogen-bond donors (Lipinski definition) is 1. The van der Waals surface area contributed by atoms with Crippen LogP contribution in [0.2, 0.25) is 0 Å². The molecule has 3 aromatic rings. The predicted molar refractivity (Wildman–Crippen MR) is 97.2 cm³/mol. The number of ether oxygens (including phenoxy) is 1. The standard InChI is InChI=1S/C17H19N5O2S/c1-11-3-4-12(9-14(11)23-2)15-20-16(24-21-15)13-10-25-17(19-13)22-7-5-18-6-8-22/h3-4,9-10,18H,5-8H2,1-2H3. The first-order valence-corrected chi connectivity index (χ1v) is 9.03. The van der Waals surface area contributed by atoms with E-state index in [1.165, 1.54) is 0 Å². The number of aromatic nitrogens is 3. The molecule has 7 nitrogen and oxygen atoms in total. The summed E-state index contributed by atoms with van der Waals surface area (Å²) in [5.74, 6) is 1.77. The largest absolute Gasteiger partial charge is 0.496 e. The number of nitrogens with one attached hydrogen (secondary N) is 1. The minimum Gasteiger partial charge on any atom is -0.496 e. The van der Waals surface area contributed by atoms with Crippen molar-refractivity contribution in [1.29, 1.82) is 0 Å². The summed E-state index contributed by atoms with van der Waals surface area (Å²) in [5, 5.41) is 10.4. The Morgan fingerprint density at radius 2 is 2.08 bits per heavy atom. The van der Waals surface area contributed by atoms with Gasteiger partial charge in [-0.05, 0) is 18.6 Å². The highest BCUT2D eigenvalue weighted by atomic mass is 32.1. The van der Waals surface area contributed by atoms with Crippen molar-refractivity contribution in [2.45, 2.75) is 6.92 Å². The van der Waals surface area contributed by atoms with Crippen LogP contribution in [0, 0.1) is 6.92 Å². The third kappa shape index (κ3) is 3.22. The number of methoxy groups -OCH3 is 1. The molecule has 130 valence electrons. The summed E-state index contributed by atoms with van der Waals surface area (Å²) in [5.41, 5.74) is 2.64. The van der Waals surface area contributed by atoms with Crippen molar-refractivity contribution >= 4 is 16.5 Å². The first kappa shape index (κ1) is 16.0. The minimum atomic E-state index is 0.437. The molecule has 0 atom stereocenters. The minimum absolute atomic E-state index is 0.437. The van der Waals surface area contributed by atoms with Crippen LogP contribution in [0.1, 0.15) is 5.56 Å². The maximum absolute atomic E-state index is 5.42. The molecule has 2 aromatic heterocycles. The maximum atomic E-state index is 5.42. The van der Waals surface area contributed by atoms with E-state index < -0.39 is 0 Å². The molecule has 1 fully saturated rings. The Labute approximate surface area is 149 Å². The average molecular weight is 357 g/mol. The zero-order chi connectivity index (χ0) is 17.2. The van der Waals surface area contributed by atoms with Crippen LogP contribution in [-0.4, -0.2) is 48.4 Å². The average Bonchev–Trinajstić information content (AvgIpc) is 3.32. The molecule has 1 saturated heterocycles. The molecular formula is C17H19N5O2S.